The molecule has 0 saturated carbocycles. The molecule has 3 nitrogen and oxygen atoms in total. The minimum atomic E-state index is -0.231. The van der Waals surface area contributed by atoms with Crippen molar-refractivity contribution in [3.63, 3.8) is 0 Å². The Morgan fingerprint density at radius 1 is 0.365 bits per heavy atom. The molecule has 0 saturated heterocycles. The Labute approximate surface area is 369 Å². The van der Waals surface area contributed by atoms with E-state index in [0.29, 0.717) is 0 Å². The van der Waals surface area contributed by atoms with Crippen molar-refractivity contribution in [2.45, 2.75) is 38.5 Å². The summed E-state index contributed by atoms with van der Waals surface area (Å²) in [6.07, 6.45) is 0. The van der Waals surface area contributed by atoms with Gasteiger partial charge in [-0.05, 0) is 153 Å². The molecule has 12 rings (SSSR count). The number of para-hydroxylation sites is 3. The van der Waals surface area contributed by atoms with Crippen LogP contribution in [0.1, 0.15) is 49.9 Å². The van der Waals surface area contributed by atoms with Gasteiger partial charge in [0, 0.05) is 44.4 Å². The fourth-order valence-corrected chi connectivity index (χ4v) is 10.6. The van der Waals surface area contributed by atoms with E-state index in [1.54, 1.807) is 0 Å². The Balaban J connectivity index is 0.944. The molecule has 2 aliphatic carbocycles. The van der Waals surface area contributed by atoms with Crippen molar-refractivity contribution < 1.29 is 4.74 Å². The maximum atomic E-state index is 6.25. The predicted molar refractivity (Wildman–Crippen MR) is 263 cm³/mol. The third kappa shape index (κ3) is 5.80. The molecule has 0 aliphatic heterocycles. The van der Waals surface area contributed by atoms with Crippen molar-refractivity contribution in [2.24, 2.45) is 0 Å². The number of aromatic nitrogens is 1. The molecular formula is C60H46N2O. The van der Waals surface area contributed by atoms with Crippen molar-refractivity contribution in [3.05, 3.63) is 229 Å². The molecular weight excluding hydrogens is 765 g/mol. The van der Waals surface area contributed by atoms with E-state index in [1.165, 1.54) is 83.1 Å². The molecule has 1 aromatic heterocycles. The average Bonchev–Trinajstić information content (AvgIpc) is 3.86. The molecule has 0 N–H and O–H groups in total. The zero-order valence-corrected chi connectivity index (χ0v) is 35.9. The summed E-state index contributed by atoms with van der Waals surface area (Å²) in [4.78, 5) is 2.41. The quantitative estimate of drug-likeness (QED) is 0.160. The number of anilines is 3. The summed E-state index contributed by atoms with van der Waals surface area (Å²) in [7, 11) is 0. The van der Waals surface area contributed by atoms with Gasteiger partial charge in [-0.3, -0.25) is 0 Å². The zero-order chi connectivity index (χ0) is 42.5. The second-order valence-electron chi connectivity index (χ2n) is 18.2. The topological polar surface area (TPSA) is 17.4 Å². The van der Waals surface area contributed by atoms with Crippen LogP contribution in [0.25, 0.3) is 60.9 Å². The van der Waals surface area contributed by atoms with Crippen molar-refractivity contribution in [3.8, 4) is 50.6 Å². The number of hydrogen-bond donors (Lipinski definition) is 0. The Hall–Kier alpha value is -7.62. The Morgan fingerprint density at radius 2 is 0.857 bits per heavy atom. The normalized spacial score (nSPS) is 14.0. The standard InChI is InChI=1S/C60H46N2O/c1-59(2)53-21-13-11-19-47(53)49-32-27-43(37-55(49)59)61(42-25-29-46(30-26-42)63-45-17-9-6-10-18-45)44-28-33-50-48-31-23-40(36-54(48)60(3,4)56(50)38-44)39-24-34-58-52(35-39)51-20-12-14-22-57(51)62(58)41-15-7-5-8-16-41/h5-38H,1-4H3. The number of nitrogens with zero attached hydrogens (tertiary/aromatic N) is 2. The third-order valence-corrected chi connectivity index (χ3v) is 13.8. The largest absolute Gasteiger partial charge is 0.457 e. The number of rotatable bonds is 7. The van der Waals surface area contributed by atoms with Crippen molar-refractivity contribution in [1.29, 1.82) is 0 Å². The van der Waals surface area contributed by atoms with Crippen LogP contribution >= 0.6 is 0 Å². The fraction of sp³-hybridized carbons (Fsp3) is 0.100. The number of ether oxygens (including phenoxy) is 1. The van der Waals surface area contributed by atoms with Gasteiger partial charge in [-0.25, -0.2) is 0 Å². The molecule has 2 aliphatic rings. The highest BCUT2D eigenvalue weighted by atomic mass is 16.5. The molecule has 0 bridgehead atoms. The van der Waals surface area contributed by atoms with E-state index in [4.69, 9.17) is 4.74 Å². The van der Waals surface area contributed by atoms with Crippen LogP contribution in [-0.2, 0) is 10.8 Å². The molecule has 9 aromatic carbocycles. The highest BCUT2D eigenvalue weighted by Gasteiger charge is 2.38. The van der Waals surface area contributed by atoms with E-state index >= 15 is 0 Å². The smallest absolute Gasteiger partial charge is 0.127 e. The molecule has 0 radical (unpaired) electrons. The second kappa shape index (κ2) is 14.0. The maximum Gasteiger partial charge on any atom is 0.127 e. The molecule has 0 spiro atoms. The first-order chi connectivity index (χ1) is 30.7. The van der Waals surface area contributed by atoms with Crippen molar-refractivity contribution in [2.75, 3.05) is 4.90 Å². The van der Waals surface area contributed by atoms with E-state index in [-0.39, 0.29) is 10.8 Å². The molecule has 0 amide bonds. The highest BCUT2D eigenvalue weighted by Crippen LogP contribution is 2.54. The van der Waals surface area contributed by atoms with Crippen molar-refractivity contribution in [1.82, 2.24) is 4.57 Å². The van der Waals surface area contributed by atoms with Gasteiger partial charge in [-0.1, -0.05) is 137 Å². The number of benzene rings is 9. The summed E-state index contributed by atoms with van der Waals surface area (Å²) in [5.41, 5.74) is 19.7. The van der Waals surface area contributed by atoms with Crippen LogP contribution in [0, 0.1) is 0 Å². The van der Waals surface area contributed by atoms with Crippen LogP contribution in [0.5, 0.6) is 11.5 Å². The van der Waals surface area contributed by atoms with E-state index in [1.807, 2.05) is 30.3 Å². The van der Waals surface area contributed by atoms with Gasteiger partial charge in [0.1, 0.15) is 11.5 Å². The van der Waals surface area contributed by atoms with E-state index in [0.717, 1.165) is 28.6 Å². The first kappa shape index (κ1) is 37.2. The van der Waals surface area contributed by atoms with Gasteiger partial charge < -0.3 is 14.2 Å². The summed E-state index contributed by atoms with van der Waals surface area (Å²) in [6.45, 7) is 9.48. The molecule has 0 atom stereocenters. The predicted octanol–water partition coefficient (Wildman–Crippen LogP) is 16.3. The lowest BCUT2D eigenvalue weighted by Crippen LogP contribution is -2.18. The Morgan fingerprint density at radius 3 is 1.57 bits per heavy atom. The third-order valence-electron chi connectivity index (χ3n) is 13.8. The van der Waals surface area contributed by atoms with Crippen LogP contribution in [0.15, 0.2) is 206 Å². The summed E-state index contributed by atoms with van der Waals surface area (Å²) >= 11 is 0. The van der Waals surface area contributed by atoms with Gasteiger partial charge in [-0.15, -0.1) is 0 Å². The van der Waals surface area contributed by atoms with Crippen LogP contribution in [-0.4, -0.2) is 4.57 Å². The molecule has 63 heavy (non-hydrogen) atoms. The lowest BCUT2D eigenvalue weighted by molar-refractivity contribution is 0.483. The SMILES string of the molecule is CC1(C)c2ccccc2-c2ccc(N(c3ccc(Oc4ccccc4)cc3)c3ccc4c(c3)C(C)(C)c3cc(-c5ccc6c(c5)c5ccccc5n6-c5ccccc5)ccc3-4)cc21. The first-order valence-electron chi connectivity index (χ1n) is 22.0. The first-order valence-corrected chi connectivity index (χ1v) is 22.0. The minimum absolute atomic E-state index is 0.121. The Bertz CT molecular complexity index is 3410. The summed E-state index contributed by atoms with van der Waals surface area (Å²) in [6, 6.07) is 75.0. The van der Waals surface area contributed by atoms with Gasteiger partial charge in [0.15, 0.2) is 0 Å². The lowest BCUT2D eigenvalue weighted by Gasteiger charge is -2.30. The van der Waals surface area contributed by atoms with E-state index in [2.05, 4.69) is 213 Å². The van der Waals surface area contributed by atoms with Crippen LogP contribution in [0.2, 0.25) is 0 Å². The number of hydrogen-bond acceptors (Lipinski definition) is 2. The molecule has 0 unspecified atom stereocenters. The van der Waals surface area contributed by atoms with Crippen LogP contribution in [0.4, 0.5) is 17.1 Å². The molecule has 0 fully saturated rings. The second-order valence-corrected chi connectivity index (χ2v) is 18.2. The van der Waals surface area contributed by atoms with Crippen LogP contribution < -0.4 is 9.64 Å². The fourth-order valence-electron chi connectivity index (χ4n) is 10.6. The molecule has 3 heteroatoms. The van der Waals surface area contributed by atoms with Crippen LogP contribution in [0.3, 0.4) is 0 Å². The van der Waals surface area contributed by atoms with Gasteiger partial charge in [-0.2, -0.15) is 0 Å². The van der Waals surface area contributed by atoms with Gasteiger partial charge in [0.25, 0.3) is 0 Å². The molecule has 1 heterocycles. The Kier molecular flexibility index (Phi) is 8.23. The zero-order valence-electron chi connectivity index (χ0n) is 35.9. The molecule has 302 valence electrons. The maximum absolute atomic E-state index is 6.25. The van der Waals surface area contributed by atoms with Gasteiger partial charge in [0.05, 0.1) is 11.0 Å². The van der Waals surface area contributed by atoms with E-state index in [9.17, 15) is 0 Å². The summed E-state index contributed by atoms with van der Waals surface area (Å²) in [5, 5.41) is 2.53. The van der Waals surface area contributed by atoms with Gasteiger partial charge >= 0.3 is 0 Å². The molecule has 10 aromatic rings. The van der Waals surface area contributed by atoms with Gasteiger partial charge in [0.2, 0.25) is 0 Å². The minimum Gasteiger partial charge on any atom is -0.457 e. The van der Waals surface area contributed by atoms with E-state index < -0.39 is 0 Å². The number of fused-ring (bicyclic) bond motifs is 9. The summed E-state index contributed by atoms with van der Waals surface area (Å²) in [5.74, 6) is 1.63. The highest BCUT2D eigenvalue weighted by molar-refractivity contribution is 6.10. The monoisotopic (exact) mass is 810 g/mol. The van der Waals surface area contributed by atoms with Crippen molar-refractivity contribution >= 4 is 38.9 Å². The lowest BCUT2D eigenvalue weighted by atomic mass is 9.81. The average molecular weight is 811 g/mol. The summed E-state index contributed by atoms with van der Waals surface area (Å²) < 4.78 is 8.64.